The van der Waals surface area contributed by atoms with Gasteiger partial charge in [-0.2, -0.15) is 0 Å². The van der Waals surface area contributed by atoms with Crippen LogP contribution in [0.15, 0.2) is 0 Å². The molecule has 0 spiro atoms. The minimum atomic E-state index is -2.62. The summed E-state index contributed by atoms with van der Waals surface area (Å²) in [5.74, 6) is -0.833. The van der Waals surface area contributed by atoms with Crippen LogP contribution in [0, 0.1) is 0 Å². The molecule has 0 radical (unpaired) electrons. The number of rotatable bonds is 1. The summed E-state index contributed by atoms with van der Waals surface area (Å²) in [5.41, 5.74) is 0. The summed E-state index contributed by atoms with van der Waals surface area (Å²) in [4.78, 5) is 16.7. The van der Waals surface area contributed by atoms with Gasteiger partial charge in [-0.15, -0.1) is 0 Å². The molecule has 7 heteroatoms. The molecule has 0 aromatic rings. The Morgan fingerprint density at radius 2 is 1.89 bits per heavy atom. The van der Waals surface area contributed by atoms with Crippen molar-refractivity contribution in [1.82, 2.24) is 0 Å². The summed E-state index contributed by atoms with van der Waals surface area (Å²) in [6.45, 7) is 0. The molecule has 54 valence electrons. The largest absolute Gasteiger partial charge is 0.490 e. The van der Waals surface area contributed by atoms with E-state index in [1.807, 2.05) is 0 Å². The fourth-order valence-corrected chi connectivity index (χ4v) is 0. The standard InChI is InChI=1S/CH3BO2.CH5O3P/c2-1(3)4;1-4-5(2)3/h2H2,(H,3,4);5H,1H3,(H,2,3). The predicted octanol–water partition coefficient (Wildman–Crippen LogP) is -0.688. The van der Waals surface area contributed by atoms with Crippen molar-refractivity contribution < 1.29 is 23.9 Å². The molecule has 0 aliphatic rings. The lowest BCUT2D eigenvalue weighted by Crippen LogP contribution is -1.83. The number of carboxylic acid groups (broad SMARTS) is 1. The highest BCUT2D eigenvalue weighted by Crippen LogP contribution is 2.09. The monoisotopic (exact) mass is 154 g/mol. The third-order valence-electron chi connectivity index (χ3n) is 0.175. The van der Waals surface area contributed by atoms with Gasteiger partial charge in [0.25, 0.3) is 0 Å². The summed E-state index contributed by atoms with van der Waals surface area (Å²) < 4.78 is 13.2. The van der Waals surface area contributed by atoms with Crippen LogP contribution in [0.3, 0.4) is 0 Å². The number of hydrogen-bond donors (Lipinski definition) is 2. The van der Waals surface area contributed by atoms with Gasteiger partial charge in [0.15, 0.2) is 0 Å². The molecule has 0 saturated carbocycles. The Labute approximate surface area is 54.0 Å². The zero-order valence-corrected chi connectivity index (χ0v) is 6.12. The minimum Gasteiger partial charge on any atom is -0.490 e. The van der Waals surface area contributed by atoms with Gasteiger partial charge in [-0.05, 0) is 0 Å². The maximum Gasteiger partial charge on any atom is 0.316 e. The maximum absolute atomic E-state index is 9.33. The zero-order valence-electron chi connectivity index (χ0n) is 5.12. The second kappa shape index (κ2) is 7.68. The average molecular weight is 154 g/mol. The van der Waals surface area contributed by atoms with E-state index in [2.05, 4.69) is 4.52 Å². The first-order chi connectivity index (χ1) is 4.00. The van der Waals surface area contributed by atoms with Gasteiger partial charge >= 0.3 is 8.25 Å². The molecule has 0 bridgehead atoms. The second-order valence-corrected chi connectivity index (χ2v) is 1.93. The lowest BCUT2D eigenvalue weighted by atomic mass is 10.2. The van der Waals surface area contributed by atoms with Crippen molar-refractivity contribution in [3.05, 3.63) is 0 Å². The molecule has 0 aromatic heterocycles. The molecule has 1 unspecified atom stereocenters. The number of carbonyl (C=O) groups is 1. The molecule has 0 amide bonds. The molecule has 2 N–H and O–H groups in total. The van der Waals surface area contributed by atoms with Gasteiger partial charge in [0, 0.05) is 7.11 Å². The van der Waals surface area contributed by atoms with Gasteiger partial charge in [-0.25, -0.2) is 0 Å². The minimum absolute atomic E-state index is 0.833. The summed E-state index contributed by atoms with van der Waals surface area (Å²) >= 11 is 0. The van der Waals surface area contributed by atoms with Gasteiger partial charge in [0.2, 0.25) is 13.7 Å². The van der Waals surface area contributed by atoms with Crippen molar-refractivity contribution in [3.63, 3.8) is 0 Å². The van der Waals surface area contributed by atoms with Gasteiger partial charge in [0.05, 0.1) is 0 Å². The maximum atomic E-state index is 9.33. The summed E-state index contributed by atoms with van der Waals surface area (Å²) in [5, 5.41) is 7.42. The Morgan fingerprint density at radius 1 is 1.78 bits per heavy atom. The van der Waals surface area contributed by atoms with Crippen molar-refractivity contribution in [3.8, 4) is 0 Å². The lowest BCUT2D eigenvalue weighted by molar-refractivity contribution is 0.220. The Kier molecular flexibility index (Phi) is 9.80. The van der Waals surface area contributed by atoms with Crippen LogP contribution in [0.2, 0.25) is 0 Å². The second-order valence-electron chi connectivity index (χ2n) is 0.989. The van der Waals surface area contributed by atoms with Crippen LogP contribution in [0.25, 0.3) is 0 Å². The Bertz CT molecular complexity index is 99.1. The smallest absolute Gasteiger partial charge is 0.316 e. The van der Waals surface area contributed by atoms with Crippen molar-refractivity contribution in [2.24, 2.45) is 0 Å². The first-order valence-electron chi connectivity index (χ1n) is 1.97. The van der Waals surface area contributed by atoms with Gasteiger partial charge < -0.3 is 14.5 Å². The van der Waals surface area contributed by atoms with Crippen molar-refractivity contribution >= 4 is 22.0 Å². The van der Waals surface area contributed by atoms with E-state index in [1.54, 1.807) is 0 Å². The van der Waals surface area contributed by atoms with Crippen LogP contribution in [0.4, 0.5) is 4.79 Å². The van der Waals surface area contributed by atoms with Crippen LogP contribution in [0.5, 0.6) is 0 Å². The summed E-state index contributed by atoms with van der Waals surface area (Å²) in [6, 6.07) is 0. The highest BCUT2D eigenvalue weighted by Gasteiger charge is 1.74. The van der Waals surface area contributed by atoms with E-state index in [4.69, 9.17) is 14.8 Å². The van der Waals surface area contributed by atoms with Crippen LogP contribution < -0.4 is 0 Å². The van der Waals surface area contributed by atoms with Gasteiger partial charge in [-0.3, -0.25) is 9.36 Å². The highest BCUT2D eigenvalue weighted by atomic mass is 31.1. The first kappa shape index (κ1) is 11.5. The molecular weight excluding hydrogens is 146 g/mol. The SMILES string of the molecule is BC(=O)O.CO[PH](=O)O. The Morgan fingerprint density at radius 3 is 1.89 bits per heavy atom. The fourth-order valence-electron chi connectivity index (χ4n) is 0. The fraction of sp³-hybridized carbons (Fsp3) is 0.500. The van der Waals surface area contributed by atoms with Crippen LogP contribution in [-0.2, 0) is 9.09 Å². The van der Waals surface area contributed by atoms with Crippen molar-refractivity contribution in [1.29, 1.82) is 0 Å². The molecule has 5 nitrogen and oxygen atoms in total. The first-order valence-corrected chi connectivity index (χ1v) is 3.23. The van der Waals surface area contributed by atoms with Crippen LogP contribution in [0.1, 0.15) is 0 Å². The molecule has 0 rings (SSSR count). The molecule has 9 heavy (non-hydrogen) atoms. The third kappa shape index (κ3) is 87.5. The van der Waals surface area contributed by atoms with Crippen LogP contribution >= 0.6 is 8.25 Å². The quantitative estimate of drug-likeness (QED) is 0.385. The van der Waals surface area contributed by atoms with Crippen molar-refractivity contribution in [2.45, 2.75) is 0 Å². The van der Waals surface area contributed by atoms with Gasteiger partial charge in [-0.1, -0.05) is 0 Å². The number of hydrogen-bond acceptors (Lipinski definition) is 3. The Balaban J connectivity index is 0. The normalized spacial score (nSPS) is 10.9. The highest BCUT2D eigenvalue weighted by molar-refractivity contribution is 7.32. The van der Waals surface area contributed by atoms with E-state index in [9.17, 15) is 4.57 Å². The van der Waals surface area contributed by atoms with E-state index < -0.39 is 14.1 Å². The van der Waals surface area contributed by atoms with E-state index in [0.717, 1.165) is 7.85 Å². The predicted molar refractivity (Wildman–Crippen MR) is 34.8 cm³/mol. The average Bonchev–Trinajstić information content (AvgIpc) is 1.65. The summed E-state index contributed by atoms with van der Waals surface area (Å²) in [7, 11) is -0.359. The third-order valence-corrected chi connectivity index (χ3v) is 0.524. The molecule has 0 saturated heterocycles. The van der Waals surface area contributed by atoms with Crippen molar-refractivity contribution in [2.75, 3.05) is 7.11 Å². The van der Waals surface area contributed by atoms with E-state index in [0.29, 0.717) is 0 Å². The zero-order chi connectivity index (χ0) is 7.86. The molecule has 0 aliphatic heterocycles. The van der Waals surface area contributed by atoms with E-state index in [1.165, 1.54) is 7.11 Å². The molecule has 0 aliphatic carbocycles. The van der Waals surface area contributed by atoms with E-state index in [-0.39, 0.29) is 0 Å². The van der Waals surface area contributed by atoms with Crippen LogP contribution in [-0.4, -0.2) is 30.8 Å². The van der Waals surface area contributed by atoms with E-state index >= 15 is 0 Å². The van der Waals surface area contributed by atoms with Gasteiger partial charge in [0.1, 0.15) is 0 Å². The Hall–Kier alpha value is -0.315. The molecule has 0 heterocycles. The molecular formula is C2H8BO5P. The molecule has 0 fully saturated rings. The molecule has 0 aromatic carbocycles. The summed E-state index contributed by atoms with van der Waals surface area (Å²) in [6.07, 6.45) is 0. The topological polar surface area (TPSA) is 83.8 Å². The molecule has 1 atom stereocenters. The lowest BCUT2D eigenvalue weighted by Gasteiger charge is -1.78.